The second-order valence-electron chi connectivity index (χ2n) is 4.76. The molecule has 0 amide bonds. The van der Waals surface area contributed by atoms with Crippen LogP contribution in [-0.4, -0.2) is 25.7 Å². The molecule has 1 N–H and O–H groups in total. The van der Waals surface area contributed by atoms with Gasteiger partial charge in [0.1, 0.15) is 5.75 Å². The predicted octanol–water partition coefficient (Wildman–Crippen LogP) is 3.59. The third kappa shape index (κ3) is 3.74. The Morgan fingerprint density at radius 2 is 2.14 bits per heavy atom. The van der Waals surface area contributed by atoms with Crippen molar-refractivity contribution in [1.29, 1.82) is 0 Å². The van der Waals surface area contributed by atoms with E-state index in [1.807, 2.05) is 25.2 Å². The van der Waals surface area contributed by atoms with Crippen LogP contribution in [0.2, 0.25) is 0 Å². The number of thiazole rings is 1. The summed E-state index contributed by atoms with van der Waals surface area (Å²) in [7, 11) is 3.73. The first-order chi connectivity index (χ1) is 10.2. The lowest BCUT2D eigenvalue weighted by molar-refractivity contribution is 0.415. The quantitative estimate of drug-likeness (QED) is 0.848. The highest BCUT2D eigenvalue weighted by atomic mass is 32.1. The molecule has 1 heterocycles. The Hall–Kier alpha value is -1.59. The van der Waals surface area contributed by atoms with Crippen LogP contribution in [0.4, 0.5) is 10.8 Å². The molecule has 114 valence electrons. The van der Waals surface area contributed by atoms with Crippen molar-refractivity contribution in [2.45, 2.75) is 26.8 Å². The molecule has 0 radical (unpaired) electrons. The first-order valence-electron chi connectivity index (χ1n) is 7.26. The summed E-state index contributed by atoms with van der Waals surface area (Å²) in [5.41, 5.74) is 2.27. The minimum absolute atomic E-state index is 0.861. The molecule has 0 aliphatic carbocycles. The highest BCUT2D eigenvalue weighted by Gasteiger charge is 2.14. The standard InChI is InChI=1S/C16H23N3OS/c1-5-14-15(11-17-6-2)21-16(18-14)19(3)12-8-7-9-13(10-12)20-4/h7-10,17H,5-6,11H2,1-4H3. The molecule has 5 heteroatoms. The van der Waals surface area contributed by atoms with Crippen LogP contribution in [0.25, 0.3) is 0 Å². The number of aromatic nitrogens is 1. The third-order valence-corrected chi connectivity index (χ3v) is 4.54. The number of anilines is 2. The summed E-state index contributed by atoms with van der Waals surface area (Å²) in [6.45, 7) is 6.14. The van der Waals surface area contributed by atoms with Gasteiger partial charge in [-0.2, -0.15) is 0 Å². The molecular weight excluding hydrogens is 282 g/mol. The lowest BCUT2D eigenvalue weighted by Gasteiger charge is -2.16. The highest BCUT2D eigenvalue weighted by molar-refractivity contribution is 7.15. The monoisotopic (exact) mass is 305 g/mol. The zero-order valence-corrected chi connectivity index (χ0v) is 14.0. The molecule has 0 aliphatic rings. The number of hydrogen-bond donors (Lipinski definition) is 1. The van der Waals surface area contributed by atoms with Crippen LogP contribution in [0, 0.1) is 0 Å². The maximum Gasteiger partial charge on any atom is 0.190 e. The zero-order chi connectivity index (χ0) is 15.2. The molecule has 0 unspecified atom stereocenters. The van der Waals surface area contributed by atoms with Crippen LogP contribution >= 0.6 is 11.3 Å². The Labute approximate surface area is 130 Å². The number of methoxy groups -OCH3 is 1. The minimum atomic E-state index is 0.861. The average Bonchev–Trinajstić information content (AvgIpc) is 2.95. The Morgan fingerprint density at radius 1 is 1.33 bits per heavy atom. The molecular formula is C16H23N3OS. The van der Waals surface area contributed by atoms with E-state index in [2.05, 4.69) is 30.1 Å². The van der Waals surface area contributed by atoms with Gasteiger partial charge in [0, 0.05) is 30.2 Å². The maximum absolute atomic E-state index is 5.29. The molecule has 2 aromatic rings. The van der Waals surface area contributed by atoms with Crippen molar-refractivity contribution >= 4 is 22.2 Å². The SMILES string of the molecule is CCNCc1sc(N(C)c2cccc(OC)c2)nc1CC. The number of ether oxygens (including phenoxy) is 1. The zero-order valence-electron chi connectivity index (χ0n) is 13.1. The van der Waals surface area contributed by atoms with Crippen LogP contribution in [0.15, 0.2) is 24.3 Å². The van der Waals surface area contributed by atoms with Gasteiger partial charge in [-0.25, -0.2) is 4.98 Å². The number of nitrogens with zero attached hydrogens (tertiary/aromatic N) is 2. The molecule has 1 aromatic heterocycles. The first-order valence-corrected chi connectivity index (χ1v) is 8.08. The van der Waals surface area contributed by atoms with Gasteiger partial charge in [-0.1, -0.05) is 31.3 Å². The Balaban J connectivity index is 2.25. The summed E-state index contributed by atoms with van der Waals surface area (Å²) < 4.78 is 5.29. The van der Waals surface area contributed by atoms with E-state index in [1.54, 1.807) is 18.4 Å². The molecule has 0 atom stereocenters. The largest absolute Gasteiger partial charge is 0.497 e. The van der Waals surface area contributed by atoms with Crippen LogP contribution in [0.5, 0.6) is 5.75 Å². The molecule has 0 fully saturated rings. The van der Waals surface area contributed by atoms with Crippen molar-refractivity contribution < 1.29 is 4.74 Å². The van der Waals surface area contributed by atoms with Gasteiger partial charge in [0.15, 0.2) is 5.13 Å². The Kier molecular flexibility index (Phi) is 5.59. The fourth-order valence-corrected chi connectivity index (χ4v) is 3.20. The van der Waals surface area contributed by atoms with Gasteiger partial charge >= 0.3 is 0 Å². The third-order valence-electron chi connectivity index (χ3n) is 3.36. The molecule has 0 saturated carbocycles. The van der Waals surface area contributed by atoms with Crippen molar-refractivity contribution in [2.75, 3.05) is 25.6 Å². The fourth-order valence-electron chi connectivity index (χ4n) is 2.10. The second-order valence-corrected chi connectivity index (χ2v) is 5.82. The van der Waals surface area contributed by atoms with Gasteiger partial charge in [-0.15, -0.1) is 0 Å². The number of hydrogen-bond acceptors (Lipinski definition) is 5. The van der Waals surface area contributed by atoms with Gasteiger partial charge in [-0.05, 0) is 25.1 Å². The summed E-state index contributed by atoms with van der Waals surface area (Å²) in [5.74, 6) is 0.861. The summed E-state index contributed by atoms with van der Waals surface area (Å²) >= 11 is 1.75. The summed E-state index contributed by atoms with van der Waals surface area (Å²) in [5, 5.41) is 4.40. The number of benzene rings is 1. The summed E-state index contributed by atoms with van der Waals surface area (Å²) in [4.78, 5) is 8.21. The molecule has 4 nitrogen and oxygen atoms in total. The summed E-state index contributed by atoms with van der Waals surface area (Å²) in [6, 6.07) is 8.04. The number of rotatable bonds is 7. The van der Waals surface area contributed by atoms with Crippen molar-refractivity contribution in [1.82, 2.24) is 10.3 Å². The van der Waals surface area contributed by atoms with Gasteiger partial charge < -0.3 is 15.0 Å². The highest BCUT2D eigenvalue weighted by Crippen LogP contribution is 2.32. The number of aryl methyl sites for hydroxylation is 1. The molecule has 0 saturated heterocycles. The van der Waals surface area contributed by atoms with Crippen LogP contribution in [0.1, 0.15) is 24.4 Å². The normalized spacial score (nSPS) is 10.7. The van der Waals surface area contributed by atoms with E-state index in [9.17, 15) is 0 Å². The van der Waals surface area contributed by atoms with E-state index in [0.29, 0.717) is 0 Å². The lowest BCUT2D eigenvalue weighted by atomic mass is 10.3. The van der Waals surface area contributed by atoms with E-state index in [4.69, 9.17) is 9.72 Å². The topological polar surface area (TPSA) is 37.4 Å². The molecule has 0 aliphatic heterocycles. The maximum atomic E-state index is 5.29. The predicted molar refractivity (Wildman–Crippen MR) is 89.9 cm³/mol. The van der Waals surface area contributed by atoms with Gasteiger partial charge in [0.2, 0.25) is 0 Å². The van der Waals surface area contributed by atoms with Crippen molar-refractivity contribution in [3.05, 3.63) is 34.8 Å². The molecule has 1 aromatic carbocycles. The van der Waals surface area contributed by atoms with E-state index in [0.717, 1.165) is 36.1 Å². The second kappa shape index (κ2) is 7.43. The van der Waals surface area contributed by atoms with Gasteiger partial charge in [-0.3, -0.25) is 0 Å². The van der Waals surface area contributed by atoms with E-state index in [1.165, 1.54) is 10.6 Å². The summed E-state index contributed by atoms with van der Waals surface area (Å²) in [6.07, 6.45) is 0.961. The van der Waals surface area contributed by atoms with E-state index < -0.39 is 0 Å². The molecule has 0 bridgehead atoms. The Morgan fingerprint density at radius 3 is 2.81 bits per heavy atom. The average molecular weight is 305 g/mol. The van der Waals surface area contributed by atoms with E-state index in [-0.39, 0.29) is 0 Å². The molecule has 2 rings (SSSR count). The van der Waals surface area contributed by atoms with Gasteiger partial charge in [0.25, 0.3) is 0 Å². The molecule has 0 spiro atoms. The molecule has 21 heavy (non-hydrogen) atoms. The first kappa shape index (κ1) is 15.8. The smallest absolute Gasteiger partial charge is 0.190 e. The lowest BCUT2D eigenvalue weighted by Crippen LogP contribution is -2.11. The Bertz CT molecular complexity index is 583. The fraction of sp³-hybridized carbons (Fsp3) is 0.438. The van der Waals surface area contributed by atoms with Crippen LogP contribution < -0.4 is 15.0 Å². The van der Waals surface area contributed by atoms with Crippen molar-refractivity contribution in [2.24, 2.45) is 0 Å². The van der Waals surface area contributed by atoms with Crippen molar-refractivity contribution in [3.63, 3.8) is 0 Å². The number of nitrogens with one attached hydrogen (secondary N) is 1. The van der Waals surface area contributed by atoms with Gasteiger partial charge in [0.05, 0.1) is 12.8 Å². The van der Waals surface area contributed by atoms with Crippen LogP contribution in [-0.2, 0) is 13.0 Å². The minimum Gasteiger partial charge on any atom is -0.497 e. The van der Waals surface area contributed by atoms with Crippen LogP contribution in [0.3, 0.4) is 0 Å². The van der Waals surface area contributed by atoms with Crippen molar-refractivity contribution in [3.8, 4) is 5.75 Å². The van der Waals surface area contributed by atoms with E-state index >= 15 is 0 Å².